The first-order valence-electron chi connectivity index (χ1n) is 9.20. The quantitative estimate of drug-likeness (QED) is 0.633. The molecule has 0 bridgehead atoms. The lowest BCUT2D eigenvalue weighted by Gasteiger charge is -2.18. The first kappa shape index (κ1) is 19.8. The van der Waals surface area contributed by atoms with Gasteiger partial charge in [0.1, 0.15) is 6.61 Å². The van der Waals surface area contributed by atoms with Gasteiger partial charge in [0.2, 0.25) is 0 Å². The highest BCUT2D eigenvalue weighted by Gasteiger charge is 2.25. The lowest BCUT2D eigenvalue weighted by atomic mass is 10.1. The highest BCUT2D eigenvalue weighted by Crippen LogP contribution is 2.29. The van der Waals surface area contributed by atoms with Gasteiger partial charge in [0.25, 0.3) is 0 Å². The van der Waals surface area contributed by atoms with E-state index in [2.05, 4.69) is 20.8 Å². The first-order valence-corrected chi connectivity index (χ1v) is 11.1. The third-order valence-electron chi connectivity index (χ3n) is 4.84. The van der Waals surface area contributed by atoms with Gasteiger partial charge in [-0.3, -0.25) is 4.90 Å². The minimum absolute atomic E-state index is 0.229. The SMILES string of the molecule is Cc1c(NCc2nnnn2-c2ccc(S(C)(=O)=O)cc2)cccc1N1CCOC1=O. The average molecular weight is 428 g/mol. The van der Waals surface area contributed by atoms with E-state index in [1.165, 1.54) is 16.8 Å². The Bertz CT molecular complexity index is 1190. The van der Waals surface area contributed by atoms with E-state index >= 15 is 0 Å². The zero-order valence-electron chi connectivity index (χ0n) is 16.4. The van der Waals surface area contributed by atoms with Gasteiger partial charge >= 0.3 is 6.09 Å². The van der Waals surface area contributed by atoms with Crippen LogP contribution in [0.25, 0.3) is 5.69 Å². The van der Waals surface area contributed by atoms with Gasteiger partial charge < -0.3 is 10.1 Å². The molecule has 0 radical (unpaired) electrons. The molecule has 1 saturated heterocycles. The smallest absolute Gasteiger partial charge is 0.414 e. The maximum atomic E-state index is 11.9. The van der Waals surface area contributed by atoms with Crippen molar-refractivity contribution in [2.24, 2.45) is 0 Å². The Morgan fingerprint density at radius 2 is 1.93 bits per heavy atom. The van der Waals surface area contributed by atoms with Crippen molar-refractivity contribution in [3.8, 4) is 5.69 Å². The van der Waals surface area contributed by atoms with Gasteiger partial charge in [-0.2, -0.15) is 4.68 Å². The van der Waals surface area contributed by atoms with Gasteiger partial charge in [-0.1, -0.05) is 6.07 Å². The molecule has 1 aromatic heterocycles. The summed E-state index contributed by atoms with van der Waals surface area (Å²) in [6.45, 7) is 3.15. The molecule has 11 heteroatoms. The van der Waals surface area contributed by atoms with E-state index in [1.54, 1.807) is 17.0 Å². The maximum absolute atomic E-state index is 11.9. The van der Waals surface area contributed by atoms with Gasteiger partial charge in [0.05, 0.1) is 29.4 Å². The van der Waals surface area contributed by atoms with Crippen molar-refractivity contribution in [3.05, 3.63) is 53.9 Å². The summed E-state index contributed by atoms with van der Waals surface area (Å²) in [4.78, 5) is 13.7. The van der Waals surface area contributed by atoms with Gasteiger partial charge in [0, 0.05) is 11.9 Å². The highest BCUT2D eigenvalue weighted by atomic mass is 32.2. The van der Waals surface area contributed by atoms with Crippen LogP contribution < -0.4 is 10.2 Å². The van der Waals surface area contributed by atoms with Crippen LogP contribution in [0.15, 0.2) is 47.4 Å². The lowest BCUT2D eigenvalue weighted by molar-refractivity contribution is 0.181. The van der Waals surface area contributed by atoms with E-state index in [1.807, 2.05) is 25.1 Å². The zero-order valence-corrected chi connectivity index (χ0v) is 17.3. The fourth-order valence-electron chi connectivity index (χ4n) is 3.24. The highest BCUT2D eigenvalue weighted by molar-refractivity contribution is 7.90. The Balaban J connectivity index is 1.54. The van der Waals surface area contributed by atoms with E-state index in [-0.39, 0.29) is 11.0 Å². The van der Waals surface area contributed by atoms with Crippen molar-refractivity contribution < 1.29 is 17.9 Å². The summed E-state index contributed by atoms with van der Waals surface area (Å²) < 4.78 is 29.8. The number of carbonyl (C=O) groups excluding carboxylic acids is 1. The van der Waals surface area contributed by atoms with Crippen LogP contribution in [0.2, 0.25) is 0 Å². The van der Waals surface area contributed by atoms with Gasteiger partial charge in [-0.15, -0.1) is 5.10 Å². The van der Waals surface area contributed by atoms with E-state index in [9.17, 15) is 13.2 Å². The molecule has 1 aliphatic heterocycles. The van der Waals surface area contributed by atoms with E-state index in [4.69, 9.17) is 4.74 Å². The second-order valence-corrected chi connectivity index (χ2v) is 8.86. The van der Waals surface area contributed by atoms with Crippen LogP contribution in [0.4, 0.5) is 16.2 Å². The van der Waals surface area contributed by atoms with Crippen molar-refractivity contribution in [2.45, 2.75) is 18.4 Å². The van der Waals surface area contributed by atoms with Crippen molar-refractivity contribution >= 4 is 27.3 Å². The zero-order chi connectivity index (χ0) is 21.3. The summed E-state index contributed by atoms with van der Waals surface area (Å²) in [7, 11) is -3.27. The number of rotatable bonds is 6. The molecule has 0 spiro atoms. The predicted octanol–water partition coefficient (Wildman–Crippen LogP) is 1.94. The van der Waals surface area contributed by atoms with E-state index < -0.39 is 9.84 Å². The molecular formula is C19H20N6O4S. The monoisotopic (exact) mass is 428 g/mol. The number of aromatic nitrogens is 4. The number of hydrogen-bond acceptors (Lipinski definition) is 8. The van der Waals surface area contributed by atoms with Crippen molar-refractivity contribution in [2.75, 3.05) is 29.6 Å². The second kappa shape index (κ2) is 7.75. The van der Waals surface area contributed by atoms with Crippen LogP contribution in [-0.4, -0.2) is 54.1 Å². The molecule has 0 saturated carbocycles. The maximum Gasteiger partial charge on any atom is 0.414 e. The number of nitrogens with one attached hydrogen (secondary N) is 1. The van der Waals surface area contributed by atoms with E-state index in [0.717, 1.165) is 23.2 Å². The molecule has 1 aliphatic rings. The van der Waals surface area contributed by atoms with Crippen LogP contribution in [0, 0.1) is 6.92 Å². The number of hydrogen-bond donors (Lipinski definition) is 1. The summed E-state index contributed by atoms with van der Waals surface area (Å²) in [6, 6.07) is 12.0. The predicted molar refractivity (Wildman–Crippen MR) is 109 cm³/mol. The molecule has 0 atom stereocenters. The summed E-state index contributed by atoms with van der Waals surface area (Å²) in [5.41, 5.74) is 3.19. The normalized spacial score (nSPS) is 14.1. The number of sulfone groups is 1. The molecule has 156 valence electrons. The largest absolute Gasteiger partial charge is 0.447 e. The number of amides is 1. The Labute approximate surface area is 173 Å². The number of benzene rings is 2. The number of cyclic esters (lactones) is 1. The Kier molecular flexibility index (Phi) is 5.12. The van der Waals surface area contributed by atoms with Gasteiger partial charge in [0.15, 0.2) is 15.7 Å². The van der Waals surface area contributed by atoms with Crippen molar-refractivity contribution in [1.29, 1.82) is 0 Å². The molecular weight excluding hydrogens is 408 g/mol. The summed E-state index contributed by atoms with van der Waals surface area (Å²) in [5.74, 6) is 0.549. The Morgan fingerprint density at radius 3 is 2.60 bits per heavy atom. The van der Waals surface area contributed by atoms with Crippen molar-refractivity contribution in [1.82, 2.24) is 20.2 Å². The molecule has 1 fully saturated rings. The number of tetrazole rings is 1. The average Bonchev–Trinajstić information content (AvgIpc) is 3.35. The molecule has 1 amide bonds. The third kappa shape index (κ3) is 3.83. The molecule has 0 aliphatic carbocycles. The van der Waals surface area contributed by atoms with E-state index in [0.29, 0.717) is 31.2 Å². The topological polar surface area (TPSA) is 119 Å². The molecule has 4 rings (SSSR count). The standard InChI is InChI=1S/C19H20N6O4S/c1-13-16(4-3-5-17(13)24-10-11-29-19(24)26)20-12-18-21-22-23-25(18)14-6-8-15(9-7-14)30(2,27)28/h3-9,20H,10-12H2,1-2H3. The summed E-state index contributed by atoms with van der Waals surface area (Å²) in [6.07, 6.45) is 0.809. The lowest BCUT2D eigenvalue weighted by Crippen LogP contribution is -2.24. The number of ether oxygens (including phenoxy) is 1. The minimum atomic E-state index is -3.27. The van der Waals surface area contributed by atoms with Gasteiger partial charge in [-0.05, 0) is 59.3 Å². The summed E-state index contributed by atoms with van der Waals surface area (Å²) in [5, 5.41) is 15.1. The fourth-order valence-corrected chi connectivity index (χ4v) is 3.88. The fraction of sp³-hybridized carbons (Fsp3) is 0.263. The first-order chi connectivity index (χ1) is 14.3. The van der Waals surface area contributed by atoms with Gasteiger partial charge in [-0.25, -0.2) is 13.2 Å². The molecule has 30 heavy (non-hydrogen) atoms. The summed E-state index contributed by atoms with van der Waals surface area (Å²) >= 11 is 0. The van der Waals surface area contributed by atoms with Crippen LogP contribution >= 0.6 is 0 Å². The third-order valence-corrected chi connectivity index (χ3v) is 5.97. The van der Waals surface area contributed by atoms with Crippen LogP contribution in [0.1, 0.15) is 11.4 Å². The number of carbonyl (C=O) groups is 1. The minimum Gasteiger partial charge on any atom is -0.447 e. The van der Waals surface area contributed by atoms with Crippen LogP contribution in [0.5, 0.6) is 0 Å². The molecule has 3 aromatic rings. The molecule has 2 heterocycles. The van der Waals surface area contributed by atoms with Crippen molar-refractivity contribution in [3.63, 3.8) is 0 Å². The molecule has 1 N–H and O–H groups in total. The Hall–Kier alpha value is -3.47. The Morgan fingerprint density at radius 1 is 1.17 bits per heavy atom. The second-order valence-electron chi connectivity index (χ2n) is 6.84. The molecule has 2 aromatic carbocycles. The molecule has 0 unspecified atom stereocenters. The number of anilines is 2. The number of nitrogens with zero attached hydrogens (tertiary/aromatic N) is 5. The van der Waals surface area contributed by atoms with Crippen LogP contribution in [0.3, 0.4) is 0 Å². The molecule has 10 nitrogen and oxygen atoms in total. The van der Waals surface area contributed by atoms with Crippen LogP contribution in [-0.2, 0) is 21.1 Å².